The molecule has 0 aliphatic carbocycles. The van der Waals surface area contributed by atoms with E-state index in [0.29, 0.717) is 6.42 Å². The van der Waals surface area contributed by atoms with Crippen molar-refractivity contribution in [2.45, 2.75) is 12.5 Å². The third kappa shape index (κ3) is 2.40. The van der Waals surface area contributed by atoms with E-state index in [1.54, 1.807) is 3.96 Å². The lowest BCUT2D eigenvalue weighted by atomic mass is 10.1. The molecule has 0 radical (unpaired) electrons. The maximum Gasteiger partial charge on any atom is 0.268 e. The molecule has 0 aliphatic heterocycles. The largest absolute Gasteiger partial charge is 0.394 e. The van der Waals surface area contributed by atoms with Gasteiger partial charge < -0.3 is 5.11 Å². The number of aliphatic hydroxyl groups excluding tert-OH is 1. The lowest BCUT2D eigenvalue weighted by Gasteiger charge is -2.14. The molecule has 0 spiro atoms. The van der Waals surface area contributed by atoms with Gasteiger partial charge in [0, 0.05) is 0 Å². The molecule has 1 atom stereocenters. The normalized spacial score (nSPS) is 12.7. The zero-order valence-corrected chi connectivity index (χ0v) is 11.7. The van der Waals surface area contributed by atoms with Crippen molar-refractivity contribution in [3.63, 3.8) is 0 Å². The van der Waals surface area contributed by atoms with Gasteiger partial charge in [0.25, 0.3) is 5.56 Å². The summed E-state index contributed by atoms with van der Waals surface area (Å²) in [6, 6.07) is 17.3. The first kappa shape index (κ1) is 13.1. The van der Waals surface area contributed by atoms with Crippen LogP contribution in [0.15, 0.2) is 59.4 Å². The average Bonchev–Trinajstić information content (AvgIpc) is 2.83. The van der Waals surface area contributed by atoms with Crippen LogP contribution in [0, 0.1) is 0 Å². The fourth-order valence-corrected chi connectivity index (χ4v) is 3.41. The standard InChI is InChI=1S/C16H15NO2S/c18-11-13(10-12-6-2-1-3-7-12)17-16(19)14-8-4-5-9-15(14)20-17/h1-9,13,18H,10-11H2/t13-/m1/s1. The van der Waals surface area contributed by atoms with Crippen LogP contribution in [0.25, 0.3) is 10.1 Å². The van der Waals surface area contributed by atoms with Crippen LogP contribution in [0.2, 0.25) is 0 Å². The Balaban J connectivity index is 1.99. The number of aromatic nitrogens is 1. The molecule has 102 valence electrons. The van der Waals surface area contributed by atoms with Gasteiger partial charge in [0.1, 0.15) is 0 Å². The van der Waals surface area contributed by atoms with Crippen LogP contribution in [0.1, 0.15) is 11.6 Å². The Morgan fingerprint density at radius 1 is 1.05 bits per heavy atom. The number of rotatable bonds is 4. The van der Waals surface area contributed by atoms with Gasteiger partial charge in [-0.2, -0.15) is 0 Å². The minimum atomic E-state index is -0.206. The summed E-state index contributed by atoms with van der Waals surface area (Å²) >= 11 is 1.42. The van der Waals surface area contributed by atoms with Crippen molar-refractivity contribution >= 4 is 21.6 Å². The molecule has 1 N–H and O–H groups in total. The first-order chi connectivity index (χ1) is 9.79. The SMILES string of the molecule is O=c1c2ccccc2sn1[C@@H](CO)Cc1ccccc1. The quantitative estimate of drug-likeness (QED) is 0.801. The topological polar surface area (TPSA) is 42.2 Å². The van der Waals surface area contributed by atoms with E-state index in [0.717, 1.165) is 15.6 Å². The fraction of sp³-hybridized carbons (Fsp3) is 0.188. The van der Waals surface area contributed by atoms with Crippen LogP contribution in [-0.4, -0.2) is 15.7 Å². The molecule has 0 bridgehead atoms. The molecule has 4 heteroatoms. The molecule has 2 aromatic carbocycles. The molecule has 0 fully saturated rings. The Morgan fingerprint density at radius 3 is 2.45 bits per heavy atom. The number of benzene rings is 2. The number of nitrogens with zero attached hydrogens (tertiary/aromatic N) is 1. The fourth-order valence-electron chi connectivity index (χ4n) is 2.34. The summed E-state index contributed by atoms with van der Waals surface area (Å²) in [7, 11) is 0. The summed E-state index contributed by atoms with van der Waals surface area (Å²) < 4.78 is 2.65. The molecule has 0 unspecified atom stereocenters. The van der Waals surface area contributed by atoms with Crippen LogP contribution in [-0.2, 0) is 6.42 Å². The van der Waals surface area contributed by atoms with Gasteiger partial charge in [0.2, 0.25) is 0 Å². The zero-order chi connectivity index (χ0) is 13.9. The summed E-state index contributed by atoms with van der Waals surface area (Å²) in [5.74, 6) is 0. The third-order valence-electron chi connectivity index (χ3n) is 3.37. The Labute approximate surface area is 120 Å². The second-order valence-corrected chi connectivity index (χ2v) is 5.76. The summed E-state index contributed by atoms with van der Waals surface area (Å²) in [4.78, 5) is 12.4. The molecule has 3 rings (SSSR count). The van der Waals surface area contributed by atoms with E-state index in [1.165, 1.54) is 11.5 Å². The lowest BCUT2D eigenvalue weighted by molar-refractivity contribution is 0.232. The molecule has 3 nitrogen and oxygen atoms in total. The molecule has 0 amide bonds. The van der Waals surface area contributed by atoms with Crippen molar-refractivity contribution in [1.29, 1.82) is 0 Å². The maximum atomic E-state index is 12.4. The first-order valence-electron chi connectivity index (χ1n) is 6.55. The zero-order valence-electron chi connectivity index (χ0n) is 10.9. The Hall–Kier alpha value is -1.91. The molecular formula is C16H15NO2S. The molecule has 3 aromatic rings. The first-order valence-corrected chi connectivity index (χ1v) is 7.32. The highest BCUT2D eigenvalue weighted by molar-refractivity contribution is 7.13. The second-order valence-electron chi connectivity index (χ2n) is 4.74. The van der Waals surface area contributed by atoms with E-state index in [-0.39, 0.29) is 18.2 Å². The van der Waals surface area contributed by atoms with Gasteiger partial charge in [0.05, 0.1) is 22.7 Å². The van der Waals surface area contributed by atoms with Crippen molar-refractivity contribution in [1.82, 2.24) is 3.96 Å². The van der Waals surface area contributed by atoms with Gasteiger partial charge in [-0.25, -0.2) is 0 Å². The smallest absolute Gasteiger partial charge is 0.268 e. The number of hydrogen-bond donors (Lipinski definition) is 1. The highest BCUT2D eigenvalue weighted by atomic mass is 32.1. The Morgan fingerprint density at radius 2 is 1.75 bits per heavy atom. The molecule has 1 heterocycles. The molecule has 0 aliphatic rings. The predicted molar refractivity (Wildman–Crippen MR) is 82.4 cm³/mol. The van der Waals surface area contributed by atoms with Crippen molar-refractivity contribution < 1.29 is 5.11 Å². The van der Waals surface area contributed by atoms with Gasteiger partial charge in [-0.05, 0) is 24.1 Å². The molecule has 0 saturated heterocycles. The third-order valence-corrected chi connectivity index (χ3v) is 4.58. The lowest BCUT2D eigenvalue weighted by Crippen LogP contribution is -2.23. The number of fused-ring (bicyclic) bond motifs is 1. The summed E-state index contributed by atoms with van der Waals surface area (Å²) in [5.41, 5.74) is 1.11. The van der Waals surface area contributed by atoms with Crippen LogP contribution < -0.4 is 5.56 Å². The number of aliphatic hydroxyl groups is 1. The van der Waals surface area contributed by atoms with E-state index in [4.69, 9.17) is 0 Å². The highest BCUT2D eigenvalue weighted by Crippen LogP contribution is 2.21. The predicted octanol–water partition coefficient (Wildman–Crippen LogP) is 2.84. The number of hydrogen-bond acceptors (Lipinski definition) is 3. The van der Waals surface area contributed by atoms with Crippen molar-refractivity contribution in [2.24, 2.45) is 0 Å². The van der Waals surface area contributed by atoms with E-state index < -0.39 is 0 Å². The van der Waals surface area contributed by atoms with E-state index in [1.807, 2.05) is 54.6 Å². The monoisotopic (exact) mass is 285 g/mol. The Bertz CT molecular complexity index is 761. The van der Waals surface area contributed by atoms with Crippen LogP contribution >= 0.6 is 11.5 Å². The van der Waals surface area contributed by atoms with Gasteiger partial charge in [-0.1, -0.05) is 54.0 Å². The van der Waals surface area contributed by atoms with Crippen LogP contribution in [0.5, 0.6) is 0 Å². The molecular weight excluding hydrogens is 270 g/mol. The van der Waals surface area contributed by atoms with Crippen LogP contribution in [0.3, 0.4) is 0 Å². The van der Waals surface area contributed by atoms with Gasteiger partial charge in [-0.15, -0.1) is 0 Å². The maximum absolute atomic E-state index is 12.4. The molecule has 1 aromatic heterocycles. The average molecular weight is 285 g/mol. The van der Waals surface area contributed by atoms with E-state index in [2.05, 4.69) is 0 Å². The second kappa shape index (κ2) is 5.61. The molecule has 0 saturated carbocycles. The van der Waals surface area contributed by atoms with Crippen molar-refractivity contribution in [3.8, 4) is 0 Å². The van der Waals surface area contributed by atoms with Gasteiger partial charge in [0.15, 0.2) is 0 Å². The summed E-state index contributed by atoms with van der Waals surface area (Å²) in [6.07, 6.45) is 0.657. The van der Waals surface area contributed by atoms with Crippen molar-refractivity contribution in [3.05, 3.63) is 70.5 Å². The summed E-state index contributed by atoms with van der Waals surface area (Å²) in [5, 5.41) is 10.4. The Kier molecular flexibility index (Phi) is 3.67. The van der Waals surface area contributed by atoms with Gasteiger partial charge in [-0.3, -0.25) is 8.75 Å². The molecule has 20 heavy (non-hydrogen) atoms. The van der Waals surface area contributed by atoms with Gasteiger partial charge >= 0.3 is 0 Å². The van der Waals surface area contributed by atoms with Crippen molar-refractivity contribution in [2.75, 3.05) is 6.61 Å². The summed E-state index contributed by atoms with van der Waals surface area (Å²) in [6.45, 7) is -0.0401. The highest BCUT2D eigenvalue weighted by Gasteiger charge is 2.16. The minimum Gasteiger partial charge on any atom is -0.394 e. The minimum absolute atomic E-state index is 0.0134. The van der Waals surface area contributed by atoms with Crippen LogP contribution in [0.4, 0.5) is 0 Å². The van der Waals surface area contributed by atoms with E-state index >= 15 is 0 Å². The van der Waals surface area contributed by atoms with E-state index in [9.17, 15) is 9.90 Å².